The van der Waals surface area contributed by atoms with Crippen LogP contribution >= 0.6 is 0 Å². The van der Waals surface area contributed by atoms with Crippen molar-refractivity contribution in [3.63, 3.8) is 0 Å². The molecule has 0 bridgehead atoms. The number of nitrogens with one attached hydrogen (secondary N) is 1. The maximum absolute atomic E-state index is 12.0. The van der Waals surface area contributed by atoms with Crippen LogP contribution in [0.15, 0.2) is 29.2 Å². The summed E-state index contributed by atoms with van der Waals surface area (Å²) in [7, 11) is -3.36. The van der Waals surface area contributed by atoms with Crippen molar-refractivity contribution in [1.82, 2.24) is 4.72 Å². The molecule has 0 spiro atoms. The van der Waals surface area contributed by atoms with E-state index in [0.29, 0.717) is 4.90 Å². The van der Waals surface area contributed by atoms with Gasteiger partial charge in [-0.25, -0.2) is 13.1 Å². The van der Waals surface area contributed by atoms with Crippen LogP contribution in [0.5, 0.6) is 0 Å². The van der Waals surface area contributed by atoms with Gasteiger partial charge in [0.05, 0.1) is 4.90 Å². The first-order chi connectivity index (χ1) is 8.49. The van der Waals surface area contributed by atoms with Crippen LogP contribution < -0.4 is 4.72 Å². The fourth-order valence-corrected chi connectivity index (χ4v) is 2.96. The van der Waals surface area contributed by atoms with Crippen molar-refractivity contribution in [3.05, 3.63) is 29.8 Å². The van der Waals surface area contributed by atoms with Gasteiger partial charge in [-0.15, -0.1) is 0 Å². The third kappa shape index (κ3) is 4.42. The first kappa shape index (κ1) is 15.2. The summed E-state index contributed by atoms with van der Waals surface area (Å²) in [5.41, 5.74) is 1.19. The molecule has 102 valence electrons. The molecule has 18 heavy (non-hydrogen) atoms. The van der Waals surface area contributed by atoms with Crippen LogP contribution in [0.25, 0.3) is 0 Å². The van der Waals surface area contributed by atoms with Crippen LogP contribution in [0.3, 0.4) is 0 Å². The molecule has 1 atom stereocenters. The number of unbranched alkanes of at least 4 members (excludes halogenated alkanes) is 1. The highest BCUT2D eigenvalue weighted by atomic mass is 32.2. The van der Waals surface area contributed by atoms with Crippen molar-refractivity contribution in [2.75, 3.05) is 0 Å². The Morgan fingerprint density at radius 3 is 2.28 bits per heavy atom. The van der Waals surface area contributed by atoms with Crippen molar-refractivity contribution in [3.8, 4) is 0 Å². The van der Waals surface area contributed by atoms with E-state index in [1.54, 1.807) is 12.1 Å². The molecule has 0 saturated carbocycles. The summed E-state index contributed by atoms with van der Waals surface area (Å²) in [4.78, 5) is 0.350. The quantitative estimate of drug-likeness (QED) is 0.826. The number of aryl methyl sites for hydroxylation is 1. The fourth-order valence-electron chi connectivity index (χ4n) is 1.63. The van der Waals surface area contributed by atoms with Crippen LogP contribution in [-0.4, -0.2) is 14.5 Å². The zero-order valence-corrected chi connectivity index (χ0v) is 12.3. The summed E-state index contributed by atoms with van der Waals surface area (Å²) in [6.07, 6.45) is 4.08. The molecule has 0 saturated heterocycles. The first-order valence-corrected chi connectivity index (χ1v) is 8.09. The van der Waals surface area contributed by atoms with Gasteiger partial charge < -0.3 is 0 Å². The molecule has 1 N–H and O–H groups in total. The molecule has 0 aliphatic rings. The van der Waals surface area contributed by atoms with Gasteiger partial charge >= 0.3 is 0 Å². The number of hydrogen-bond donors (Lipinski definition) is 1. The monoisotopic (exact) mass is 269 g/mol. The van der Waals surface area contributed by atoms with Crippen LogP contribution in [0.2, 0.25) is 0 Å². The van der Waals surface area contributed by atoms with E-state index in [9.17, 15) is 8.42 Å². The molecule has 1 aromatic carbocycles. The van der Waals surface area contributed by atoms with Crippen molar-refractivity contribution < 1.29 is 8.42 Å². The second kappa shape index (κ2) is 6.90. The highest BCUT2D eigenvalue weighted by molar-refractivity contribution is 7.89. The Bertz CT molecular complexity index is 451. The molecular formula is C14H23NO2S. The van der Waals surface area contributed by atoms with Gasteiger partial charge in [0.1, 0.15) is 0 Å². The average Bonchev–Trinajstić information content (AvgIpc) is 2.36. The molecule has 0 heterocycles. The van der Waals surface area contributed by atoms with Crippen molar-refractivity contribution in [1.29, 1.82) is 0 Å². The van der Waals surface area contributed by atoms with Crippen LogP contribution in [-0.2, 0) is 16.4 Å². The van der Waals surface area contributed by atoms with E-state index >= 15 is 0 Å². The van der Waals surface area contributed by atoms with Gasteiger partial charge in [-0.3, -0.25) is 0 Å². The summed E-state index contributed by atoms with van der Waals surface area (Å²) in [5.74, 6) is 0. The number of rotatable bonds is 7. The average molecular weight is 269 g/mol. The number of sulfonamides is 1. The topological polar surface area (TPSA) is 46.2 Å². The summed E-state index contributed by atoms with van der Waals surface area (Å²) in [6.45, 7) is 5.98. The van der Waals surface area contributed by atoms with Crippen molar-refractivity contribution in [2.24, 2.45) is 0 Å². The lowest BCUT2D eigenvalue weighted by molar-refractivity contribution is 0.556. The lowest BCUT2D eigenvalue weighted by Crippen LogP contribution is -2.31. The maximum atomic E-state index is 12.0. The molecule has 0 amide bonds. The van der Waals surface area contributed by atoms with Gasteiger partial charge in [-0.05, 0) is 43.9 Å². The summed E-state index contributed by atoms with van der Waals surface area (Å²) in [6, 6.07) is 7.15. The Balaban J connectivity index is 2.77. The minimum absolute atomic E-state index is 0.0326. The predicted molar refractivity (Wildman–Crippen MR) is 75.1 cm³/mol. The molecule has 1 rings (SSSR count). The molecule has 0 fully saturated rings. The van der Waals surface area contributed by atoms with Gasteiger partial charge in [0.15, 0.2) is 0 Å². The van der Waals surface area contributed by atoms with E-state index in [0.717, 1.165) is 25.7 Å². The van der Waals surface area contributed by atoms with Crippen LogP contribution in [0.4, 0.5) is 0 Å². The van der Waals surface area contributed by atoms with E-state index in [1.165, 1.54) is 5.56 Å². The smallest absolute Gasteiger partial charge is 0.208 e. The molecule has 0 aromatic heterocycles. The van der Waals surface area contributed by atoms with E-state index in [1.807, 2.05) is 26.0 Å². The third-order valence-electron chi connectivity index (χ3n) is 3.02. The van der Waals surface area contributed by atoms with Crippen molar-refractivity contribution >= 4 is 10.0 Å². The zero-order chi connectivity index (χ0) is 13.6. The second-order valence-corrected chi connectivity index (χ2v) is 6.39. The normalized spacial score (nSPS) is 13.5. The highest BCUT2D eigenvalue weighted by Gasteiger charge is 2.15. The summed E-state index contributed by atoms with van der Waals surface area (Å²) < 4.78 is 26.7. The molecule has 1 aromatic rings. The van der Waals surface area contributed by atoms with Gasteiger partial charge in [-0.1, -0.05) is 32.4 Å². The van der Waals surface area contributed by atoms with E-state index in [4.69, 9.17) is 0 Å². The molecule has 4 heteroatoms. The van der Waals surface area contributed by atoms with Crippen LogP contribution in [0, 0.1) is 0 Å². The summed E-state index contributed by atoms with van der Waals surface area (Å²) in [5, 5.41) is 0. The minimum Gasteiger partial charge on any atom is -0.208 e. The largest absolute Gasteiger partial charge is 0.240 e. The molecule has 1 unspecified atom stereocenters. The van der Waals surface area contributed by atoms with Crippen LogP contribution in [0.1, 0.15) is 45.6 Å². The van der Waals surface area contributed by atoms with Gasteiger partial charge in [0, 0.05) is 6.04 Å². The maximum Gasteiger partial charge on any atom is 0.240 e. The second-order valence-electron chi connectivity index (χ2n) is 4.68. The van der Waals surface area contributed by atoms with Gasteiger partial charge in [0.2, 0.25) is 10.0 Å². The third-order valence-corrected chi connectivity index (χ3v) is 4.63. The number of hydrogen-bond acceptors (Lipinski definition) is 2. The lowest BCUT2D eigenvalue weighted by atomic mass is 10.1. The Hall–Kier alpha value is -0.870. The molecule has 0 radical (unpaired) electrons. The highest BCUT2D eigenvalue weighted by Crippen LogP contribution is 2.13. The Morgan fingerprint density at radius 2 is 1.78 bits per heavy atom. The molecule has 3 nitrogen and oxygen atoms in total. The lowest BCUT2D eigenvalue weighted by Gasteiger charge is -2.12. The Morgan fingerprint density at radius 1 is 1.17 bits per heavy atom. The summed E-state index contributed by atoms with van der Waals surface area (Å²) >= 11 is 0. The zero-order valence-electron chi connectivity index (χ0n) is 11.4. The predicted octanol–water partition coefficient (Wildman–Crippen LogP) is 3.11. The SMILES string of the molecule is CCCCc1ccc(S(=O)(=O)NC(C)CC)cc1. The van der Waals surface area contributed by atoms with E-state index in [-0.39, 0.29) is 6.04 Å². The molecular weight excluding hydrogens is 246 g/mol. The van der Waals surface area contributed by atoms with Crippen molar-refractivity contribution in [2.45, 2.75) is 57.4 Å². The Labute approximate surface area is 111 Å². The van der Waals surface area contributed by atoms with Gasteiger partial charge in [-0.2, -0.15) is 0 Å². The molecule has 0 aliphatic carbocycles. The van der Waals surface area contributed by atoms with E-state index < -0.39 is 10.0 Å². The fraction of sp³-hybridized carbons (Fsp3) is 0.571. The van der Waals surface area contributed by atoms with Gasteiger partial charge in [0.25, 0.3) is 0 Å². The van der Waals surface area contributed by atoms with E-state index in [2.05, 4.69) is 11.6 Å². The standard InChI is InChI=1S/C14H23NO2S/c1-4-6-7-13-8-10-14(11-9-13)18(16,17)15-12(3)5-2/h8-12,15H,4-7H2,1-3H3. The minimum atomic E-state index is -3.36. The first-order valence-electron chi connectivity index (χ1n) is 6.60. The molecule has 0 aliphatic heterocycles. The number of benzene rings is 1. The Kier molecular flexibility index (Phi) is 5.82.